The number of hydrogen-bond donors (Lipinski definition) is 1. The molecule has 1 unspecified atom stereocenters. The molecule has 1 aromatic heterocycles. The van der Waals surface area contributed by atoms with Gasteiger partial charge < -0.3 is 14.6 Å². The maximum atomic E-state index is 5.60. The number of nitrogens with one attached hydrogen (secondary N) is 1. The van der Waals surface area contributed by atoms with E-state index in [0.29, 0.717) is 12.0 Å². The third-order valence-electron chi connectivity index (χ3n) is 3.97. The van der Waals surface area contributed by atoms with Gasteiger partial charge in [0.25, 0.3) is 0 Å². The van der Waals surface area contributed by atoms with Crippen molar-refractivity contribution in [3.63, 3.8) is 0 Å². The van der Waals surface area contributed by atoms with Crippen LogP contribution < -0.4 is 5.32 Å². The van der Waals surface area contributed by atoms with Crippen molar-refractivity contribution in [3.8, 4) is 0 Å². The fraction of sp³-hybridized carbons (Fsp3) is 0.800. The first-order chi connectivity index (χ1) is 9.19. The van der Waals surface area contributed by atoms with Crippen molar-refractivity contribution < 1.29 is 4.42 Å². The van der Waals surface area contributed by atoms with Crippen molar-refractivity contribution in [1.29, 1.82) is 0 Å². The minimum atomic E-state index is 0.659. The van der Waals surface area contributed by atoms with Crippen molar-refractivity contribution in [2.24, 2.45) is 5.92 Å². The Morgan fingerprint density at radius 1 is 1.53 bits per heavy atom. The van der Waals surface area contributed by atoms with E-state index in [0.717, 1.165) is 37.4 Å². The molecule has 1 aliphatic rings. The van der Waals surface area contributed by atoms with Crippen LogP contribution in [0.25, 0.3) is 0 Å². The zero-order chi connectivity index (χ0) is 13.7. The summed E-state index contributed by atoms with van der Waals surface area (Å²) in [7, 11) is 1.98. The lowest BCUT2D eigenvalue weighted by atomic mass is 10.1. The van der Waals surface area contributed by atoms with E-state index in [2.05, 4.69) is 29.0 Å². The topological polar surface area (TPSA) is 41.3 Å². The van der Waals surface area contributed by atoms with Gasteiger partial charge in [0.2, 0.25) is 0 Å². The Kier molecular flexibility index (Phi) is 5.40. The average Bonchev–Trinajstić information content (AvgIpc) is 3.00. The van der Waals surface area contributed by atoms with Gasteiger partial charge in [-0.1, -0.05) is 0 Å². The molecule has 0 saturated carbocycles. The Morgan fingerprint density at radius 3 is 3.05 bits per heavy atom. The number of nitrogens with zero attached hydrogens (tertiary/aromatic N) is 2. The van der Waals surface area contributed by atoms with Gasteiger partial charge in [0, 0.05) is 19.0 Å². The van der Waals surface area contributed by atoms with Crippen LogP contribution in [-0.2, 0) is 12.8 Å². The molecule has 1 saturated heterocycles. The van der Waals surface area contributed by atoms with Crippen molar-refractivity contribution in [2.45, 2.75) is 45.6 Å². The first kappa shape index (κ1) is 14.5. The van der Waals surface area contributed by atoms with E-state index in [-0.39, 0.29) is 0 Å². The van der Waals surface area contributed by atoms with Crippen LogP contribution in [0.15, 0.2) is 10.7 Å². The predicted octanol–water partition coefficient (Wildman–Crippen LogP) is 2.10. The SMILES string of the molecule is CNCCCc1coc(CC2CCN(C(C)C)C2)n1. The van der Waals surface area contributed by atoms with Crippen LogP contribution in [0.3, 0.4) is 0 Å². The monoisotopic (exact) mass is 265 g/mol. The Bertz CT molecular complexity index is 375. The highest BCUT2D eigenvalue weighted by atomic mass is 16.3. The van der Waals surface area contributed by atoms with E-state index in [1.165, 1.54) is 19.5 Å². The standard InChI is InChI=1S/C15H27N3O/c1-12(2)18-8-6-13(10-18)9-15-17-14(11-19-15)5-4-7-16-3/h11-13,16H,4-10H2,1-3H3. The van der Waals surface area contributed by atoms with Gasteiger partial charge in [0.15, 0.2) is 5.89 Å². The van der Waals surface area contributed by atoms with Gasteiger partial charge in [-0.2, -0.15) is 0 Å². The minimum Gasteiger partial charge on any atom is -0.449 e. The number of aryl methyl sites for hydroxylation is 1. The highest BCUT2D eigenvalue weighted by Gasteiger charge is 2.25. The van der Waals surface area contributed by atoms with Crippen molar-refractivity contribution in [2.75, 3.05) is 26.7 Å². The van der Waals surface area contributed by atoms with Crippen molar-refractivity contribution in [1.82, 2.24) is 15.2 Å². The van der Waals surface area contributed by atoms with Crippen molar-refractivity contribution >= 4 is 0 Å². The lowest BCUT2D eigenvalue weighted by molar-refractivity contribution is 0.262. The van der Waals surface area contributed by atoms with Crippen LogP contribution >= 0.6 is 0 Å². The number of aromatic nitrogens is 1. The normalized spacial score (nSPS) is 20.5. The largest absolute Gasteiger partial charge is 0.449 e. The second-order valence-corrected chi connectivity index (χ2v) is 5.89. The molecule has 2 heterocycles. The van der Waals surface area contributed by atoms with Gasteiger partial charge in [-0.25, -0.2) is 4.98 Å². The lowest BCUT2D eigenvalue weighted by Gasteiger charge is -2.19. The number of oxazole rings is 1. The highest BCUT2D eigenvalue weighted by molar-refractivity contribution is 4.98. The van der Waals surface area contributed by atoms with Gasteiger partial charge in [0.05, 0.1) is 5.69 Å². The third kappa shape index (κ3) is 4.32. The molecule has 4 nitrogen and oxygen atoms in total. The molecule has 1 aliphatic heterocycles. The predicted molar refractivity (Wildman–Crippen MR) is 77.3 cm³/mol. The average molecular weight is 265 g/mol. The fourth-order valence-electron chi connectivity index (χ4n) is 2.75. The summed E-state index contributed by atoms with van der Waals surface area (Å²) in [6, 6.07) is 0.659. The molecule has 1 N–H and O–H groups in total. The molecular weight excluding hydrogens is 238 g/mol. The molecule has 19 heavy (non-hydrogen) atoms. The summed E-state index contributed by atoms with van der Waals surface area (Å²) in [5.41, 5.74) is 1.10. The van der Waals surface area contributed by atoms with E-state index < -0.39 is 0 Å². The van der Waals surface area contributed by atoms with Crippen LogP contribution in [0.1, 0.15) is 38.3 Å². The molecular formula is C15H27N3O. The zero-order valence-corrected chi connectivity index (χ0v) is 12.5. The van der Waals surface area contributed by atoms with Gasteiger partial charge in [-0.15, -0.1) is 0 Å². The molecule has 0 spiro atoms. The summed E-state index contributed by atoms with van der Waals surface area (Å²) >= 11 is 0. The minimum absolute atomic E-state index is 0.659. The van der Waals surface area contributed by atoms with E-state index >= 15 is 0 Å². The number of rotatable bonds is 7. The molecule has 1 fully saturated rings. The summed E-state index contributed by atoms with van der Waals surface area (Å²) in [5, 5.41) is 3.15. The van der Waals surface area contributed by atoms with E-state index in [1.807, 2.05) is 13.3 Å². The van der Waals surface area contributed by atoms with Gasteiger partial charge in [-0.05, 0) is 59.2 Å². The van der Waals surface area contributed by atoms with E-state index in [4.69, 9.17) is 4.42 Å². The Balaban J connectivity index is 1.77. The van der Waals surface area contributed by atoms with Gasteiger partial charge in [0.1, 0.15) is 6.26 Å². The maximum Gasteiger partial charge on any atom is 0.194 e. The Hall–Kier alpha value is -0.870. The maximum absolute atomic E-state index is 5.60. The molecule has 2 rings (SSSR count). The van der Waals surface area contributed by atoms with Crippen LogP contribution in [-0.4, -0.2) is 42.6 Å². The summed E-state index contributed by atoms with van der Waals surface area (Å²) in [6.45, 7) is 7.99. The zero-order valence-electron chi connectivity index (χ0n) is 12.5. The quantitative estimate of drug-likeness (QED) is 0.767. The van der Waals surface area contributed by atoms with E-state index in [1.54, 1.807) is 0 Å². The summed E-state index contributed by atoms with van der Waals surface area (Å²) < 4.78 is 5.60. The van der Waals surface area contributed by atoms with Crippen LogP contribution in [0.4, 0.5) is 0 Å². The molecule has 1 aromatic rings. The van der Waals surface area contributed by atoms with Gasteiger partial charge in [-0.3, -0.25) is 0 Å². The fourth-order valence-corrected chi connectivity index (χ4v) is 2.75. The molecule has 4 heteroatoms. The van der Waals surface area contributed by atoms with Crippen molar-refractivity contribution in [3.05, 3.63) is 17.8 Å². The molecule has 0 aromatic carbocycles. The molecule has 0 radical (unpaired) electrons. The first-order valence-corrected chi connectivity index (χ1v) is 7.51. The number of likely N-dealkylation sites (tertiary alicyclic amines) is 1. The second kappa shape index (κ2) is 7.06. The molecule has 108 valence electrons. The second-order valence-electron chi connectivity index (χ2n) is 5.89. The molecule has 1 atom stereocenters. The van der Waals surface area contributed by atoms with Gasteiger partial charge >= 0.3 is 0 Å². The van der Waals surface area contributed by atoms with E-state index in [9.17, 15) is 0 Å². The molecule has 0 aliphatic carbocycles. The molecule has 0 amide bonds. The Labute approximate surface area is 116 Å². The summed E-state index contributed by atoms with van der Waals surface area (Å²) in [6.07, 6.45) is 6.23. The van der Waals surface area contributed by atoms with Crippen LogP contribution in [0.5, 0.6) is 0 Å². The summed E-state index contributed by atoms with van der Waals surface area (Å²) in [5.74, 6) is 1.64. The Morgan fingerprint density at radius 2 is 2.37 bits per heavy atom. The highest BCUT2D eigenvalue weighted by Crippen LogP contribution is 2.22. The number of hydrogen-bond acceptors (Lipinski definition) is 4. The smallest absolute Gasteiger partial charge is 0.194 e. The third-order valence-corrected chi connectivity index (χ3v) is 3.97. The molecule has 0 bridgehead atoms. The lowest BCUT2D eigenvalue weighted by Crippen LogP contribution is -2.28. The summed E-state index contributed by atoms with van der Waals surface area (Å²) in [4.78, 5) is 7.15. The van der Waals surface area contributed by atoms with Crippen LogP contribution in [0.2, 0.25) is 0 Å². The first-order valence-electron chi connectivity index (χ1n) is 7.51. The van der Waals surface area contributed by atoms with Crippen LogP contribution in [0, 0.1) is 5.92 Å².